The van der Waals surface area contributed by atoms with Crippen molar-refractivity contribution in [2.24, 2.45) is 11.8 Å². The highest BCUT2D eigenvalue weighted by Gasteiger charge is 2.33. The van der Waals surface area contributed by atoms with Gasteiger partial charge in [-0.3, -0.25) is 0 Å². The van der Waals surface area contributed by atoms with Crippen LogP contribution in [0.25, 0.3) is 0 Å². The maximum absolute atomic E-state index is 13.2. The number of rotatable bonds is 6. The smallest absolute Gasteiger partial charge is 0.150 e. The Labute approximate surface area is 134 Å². The van der Waals surface area contributed by atoms with Gasteiger partial charge in [0.1, 0.15) is 5.82 Å². The first-order valence-corrected chi connectivity index (χ1v) is 9.88. The van der Waals surface area contributed by atoms with Gasteiger partial charge in [-0.25, -0.2) is 12.8 Å². The maximum atomic E-state index is 13.2. The number of sulfone groups is 1. The van der Waals surface area contributed by atoms with E-state index in [1.165, 1.54) is 12.1 Å². The van der Waals surface area contributed by atoms with E-state index in [0.717, 1.165) is 36.0 Å². The van der Waals surface area contributed by atoms with Crippen molar-refractivity contribution >= 4 is 25.8 Å². The third kappa shape index (κ3) is 4.76. The lowest BCUT2D eigenvalue weighted by Gasteiger charge is -2.23. The predicted octanol–water partition coefficient (Wildman–Crippen LogP) is 2.79. The van der Waals surface area contributed by atoms with E-state index in [-0.39, 0.29) is 23.4 Å². The van der Waals surface area contributed by atoms with Crippen molar-refractivity contribution in [2.45, 2.75) is 19.8 Å². The second-order valence-corrected chi connectivity index (χ2v) is 8.75. The van der Waals surface area contributed by atoms with Gasteiger partial charge in [-0.15, -0.1) is 0 Å². The zero-order chi connectivity index (χ0) is 15.5. The zero-order valence-corrected chi connectivity index (χ0v) is 14.5. The number of hydrogen-bond acceptors (Lipinski definition) is 3. The van der Waals surface area contributed by atoms with Gasteiger partial charge < -0.3 is 5.32 Å². The molecular weight excluding hydrogens is 357 g/mol. The average molecular weight is 378 g/mol. The Morgan fingerprint density at radius 1 is 1.48 bits per heavy atom. The lowest BCUT2D eigenvalue weighted by molar-refractivity contribution is 0.345. The van der Waals surface area contributed by atoms with Gasteiger partial charge in [-0.2, -0.15) is 0 Å². The third-order valence-electron chi connectivity index (χ3n) is 4.09. The summed E-state index contributed by atoms with van der Waals surface area (Å²) in [6.45, 7) is 3.69. The summed E-state index contributed by atoms with van der Waals surface area (Å²) in [5, 5.41) is 3.32. The fraction of sp³-hybridized carbons (Fsp3) is 0.600. The van der Waals surface area contributed by atoms with Crippen LogP contribution in [0.2, 0.25) is 0 Å². The van der Waals surface area contributed by atoms with E-state index >= 15 is 0 Å². The van der Waals surface area contributed by atoms with Crippen LogP contribution in [0, 0.1) is 17.7 Å². The molecule has 1 aliphatic heterocycles. The van der Waals surface area contributed by atoms with Crippen LogP contribution in [0.15, 0.2) is 22.7 Å². The van der Waals surface area contributed by atoms with Gasteiger partial charge in [0.25, 0.3) is 0 Å². The second-order valence-electron chi connectivity index (χ2n) is 5.67. The van der Waals surface area contributed by atoms with Crippen LogP contribution >= 0.6 is 15.9 Å². The van der Waals surface area contributed by atoms with Gasteiger partial charge in [0, 0.05) is 4.47 Å². The molecule has 1 aromatic rings. The Balaban J connectivity index is 2.12. The number of halogens is 2. The summed E-state index contributed by atoms with van der Waals surface area (Å²) in [6.07, 6.45) is 1.49. The standard InChI is InChI=1S/C15H21BrFNO2S/c1-2-18-9-13(12-5-6-21(19,20)10-12)7-11-3-4-14(17)8-15(11)16/h3-4,8,12-13,18H,2,5-7,9-10H2,1H3. The molecular formula is C15H21BrFNO2S. The first kappa shape index (κ1) is 16.9. The molecule has 0 spiro atoms. The molecule has 2 unspecified atom stereocenters. The number of nitrogens with one attached hydrogen (secondary N) is 1. The molecule has 1 fully saturated rings. The molecule has 0 amide bonds. The van der Waals surface area contributed by atoms with E-state index in [4.69, 9.17) is 0 Å². The lowest BCUT2D eigenvalue weighted by Crippen LogP contribution is -2.30. The fourth-order valence-corrected chi connectivity index (χ4v) is 5.33. The van der Waals surface area contributed by atoms with E-state index in [1.54, 1.807) is 6.07 Å². The van der Waals surface area contributed by atoms with Crippen molar-refractivity contribution in [3.8, 4) is 0 Å². The minimum Gasteiger partial charge on any atom is -0.317 e. The quantitative estimate of drug-likeness (QED) is 0.828. The second kappa shape index (κ2) is 7.20. The molecule has 1 N–H and O–H groups in total. The highest BCUT2D eigenvalue weighted by atomic mass is 79.9. The first-order valence-electron chi connectivity index (χ1n) is 7.26. The molecule has 6 heteroatoms. The van der Waals surface area contributed by atoms with E-state index in [1.807, 2.05) is 6.92 Å². The van der Waals surface area contributed by atoms with Crippen LogP contribution in [0.3, 0.4) is 0 Å². The summed E-state index contributed by atoms with van der Waals surface area (Å²) < 4.78 is 37.3. The molecule has 0 saturated carbocycles. The first-order chi connectivity index (χ1) is 9.91. The highest BCUT2D eigenvalue weighted by molar-refractivity contribution is 9.10. The molecule has 3 nitrogen and oxygen atoms in total. The van der Waals surface area contributed by atoms with Gasteiger partial charge in [-0.1, -0.05) is 28.9 Å². The Hall–Kier alpha value is -0.460. The van der Waals surface area contributed by atoms with Crippen molar-refractivity contribution in [2.75, 3.05) is 24.6 Å². The highest BCUT2D eigenvalue weighted by Crippen LogP contribution is 2.30. The van der Waals surface area contributed by atoms with Crippen molar-refractivity contribution in [3.63, 3.8) is 0 Å². The Morgan fingerprint density at radius 2 is 2.24 bits per heavy atom. The Morgan fingerprint density at radius 3 is 2.81 bits per heavy atom. The van der Waals surface area contributed by atoms with Crippen molar-refractivity contribution in [1.29, 1.82) is 0 Å². The summed E-state index contributed by atoms with van der Waals surface area (Å²) in [6, 6.07) is 4.70. The molecule has 1 heterocycles. The number of hydrogen-bond donors (Lipinski definition) is 1. The summed E-state index contributed by atoms with van der Waals surface area (Å²) in [4.78, 5) is 0. The molecule has 1 aromatic carbocycles. The van der Waals surface area contributed by atoms with Crippen LogP contribution in [-0.2, 0) is 16.3 Å². The van der Waals surface area contributed by atoms with E-state index in [0.29, 0.717) is 5.75 Å². The molecule has 0 radical (unpaired) electrons. The molecule has 1 saturated heterocycles. The van der Waals surface area contributed by atoms with Crippen molar-refractivity contribution < 1.29 is 12.8 Å². The topological polar surface area (TPSA) is 46.2 Å². The normalized spacial score (nSPS) is 22.3. The van der Waals surface area contributed by atoms with Crippen LogP contribution in [-0.4, -0.2) is 33.0 Å². The zero-order valence-electron chi connectivity index (χ0n) is 12.1. The third-order valence-corrected chi connectivity index (χ3v) is 6.62. The largest absolute Gasteiger partial charge is 0.317 e. The molecule has 118 valence electrons. The fourth-order valence-electron chi connectivity index (χ4n) is 2.90. The predicted molar refractivity (Wildman–Crippen MR) is 86.6 cm³/mol. The van der Waals surface area contributed by atoms with Crippen molar-refractivity contribution in [1.82, 2.24) is 5.32 Å². The number of benzene rings is 1. The summed E-state index contributed by atoms with van der Waals surface area (Å²) in [7, 11) is -2.87. The van der Waals surface area contributed by atoms with Gasteiger partial charge in [0.05, 0.1) is 11.5 Å². The van der Waals surface area contributed by atoms with Gasteiger partial charge in [0.15, 0.2) is 9.84 Å². The summed E-state index contributed by atoms with van der Waals surface area (Å²) in [5.41, 5.74) is 1.03. The molecule has 0 bridgehead atoms. The Kier molecular flexibility index (Phi) is 5.80. The van der Waals surface area contributed by atoms with Crippen LogP contribution in [0.4, 0.5) is 4.39 Å². The van der Waals surface area contributed by atoms with Gasteiger partial charge in [0.2, 0.25) is 0 Å². The van der Waals surface area contributed by atoms with E-state index in [9.17, 15) is 12.8 Å². The van der Waals surface area contributed by atoms with Crippen molar-refractivity contribution in [3.05, 3.63) is 34.1 Å². The van der Waals surface area contributed by atoms with E-state index in [2.05, 4.69) is 21.2 Å². The summed E-state index contributed by atoms with van der Waals surface area (Å²) >= 11 is 3.40. The monoisotopic (exact) mass is 377 g/mol. The Bertz CT molecular complexity index is 591. The molecule has 2 atom stereocenters. The van der Waals surface area contributed by atoms with E-state index < -0.39 is 9.84 Å². The van der Waals surface area contributed by atoms with Crippen LogP contribution in [0.1, 0.15) is 18.9 Å². The molecule has 0 aliphatic carbocycles. The van der Waals surface area contributed by atoms with Crippen LogP contribution in [0.5, 0.6) is 0 Å². The summed E-state index contributed by atoms with van der Waals surface area (Å²) in [5.74, 6) is 0.750. The van der Waals surface area contributed by atoms with Gasteiger partial charge >= 0.3 is 0 Å². The van der Waals surface area contributed by atoms with Gasteiger partial charge in [-0.05, 0) is 55.5 Å². The molecule has 21 heavy (non-hydrogen) atoms. The molecule has 0 aromatic heterocycles. The molecule has 1 aliphatic rings. The minimum absolute atomic E-state index is 0.186. The molecule has 2 rings (SSSR count). The average Bonchev–Trinajstić information content (AvgIpc) is 2.77. The maximum Gasteiger partial charge on any atom is 0.150 e. The lowest BCUT2D eigenvalue weighted by atomic mass is 9.86. The SMILES string of the molecule is CCNCC(Cc1ccc(F)cc1Br)C1CCS(=O)(=O)C1. The minimum atomic E-state index is -2.87. The van der Waals surface area contributed by atoms with Crippen LogP contribution < -0.4 is 5.32 Å².